The van der Waals surface area contributed by atoms with E-state index in [1.807, 2.05) is 0 Å². The van der Waals surface area contributed by atoms with Gasteiger partial charge in [-0.3, -0.25) is 9.36 Å². The topological polar surface area (TPSA) is 60.9 Å². The van der Waals surface area contributed by atoms with Crippen molar-refractivity contribution in [1.29, 1.82) is 0 Å². The van der Waals surface area contributed by atoms with Gasteiger partial charge in [-0.15, -0.1) is 0 Å². The van der Waals surface area contributed by atoms with Gasteiger partial charge in [0.2, 0.25) is 0 Å². The van der Waals surface area contributed by atoms with Crippen LogP contribution < -0.4 is 11.3 Å². The van der Waals surface area contributed by atoms with Crippen molar-refractivity contribution in [2.45, 2.75) is 31.8 Å². The summed E-state index contributed by atoms with van der Waals surface area (Å²) >= 11 is 0. The number of hydrogen-bond donors (Lipinski definition) is 1. The quantitative estimate of drug-likeness (QED) is 0.738. The molecule has 4 nitrogen and oxygen atoms in total. The summed E-state index contributed by atoms with van der Waals surface area (Å²) in [5, 5.41) is 0. The number of nitrogens with two attached hydrogens (primary N) is 1. The van der Waals surface area contributed by atoms with Crippen molar-refractivity contribution in [3.8, 4) is 0 Å². The maximum absolute atomic E-state index is 11.4. The van der Waals surface area contributed by atoms with Gasteiger partial charge in [0.05, 0.1) is 6.33 Å². The SMILES string of the molecule is NC1CCC(Cn2cnccc2=O)C1. The van der Waals surface area contributed by atoms with Crippen molar-refractivity contribution in [2.75, 3.05) is 0 Å². The maximum atomic E-state index is 11.4. The third kappa shape index (κ3) is 2.01. The molecule has 14 heavy (non-hydrogen) atoms. The highest BCUT2D eigenvalue weighted by atomic mass is 16.1. The molecule has 1 saturated carbocycles. The molecule has 0 spiro atoms. The van der Waals surface area contributed by atoms with Crippen LogP contribution in [0, 0.1) is 5.92 Å². The Labute approximate surface area is 82.8 Å². The van der Waals surface area contributed by atoms with E-state index in [1.165, 1.54) is 12.3 Å². The van der Waals surface area contributed by atoms with Crippen LogP contribution in [0.25, 0.3) is 0 Å². The second-order valence-corrected chi connectivity index (χ2v) is 4.01. The molecule has 0 saturated heterocycles. The lowest BCUT2D eigenvalue weighted by Gasteiger charge is -2.10. The van der Waals surface area contributed by atoms with E-state index in [9.17, 15) is 4.79 Å². The van der Waals surface area contributed by atoms with E-state index in [-0.39, 0.29) is 5.56 Å². The number of rotatable bonds is 2. The van der Waals surface area contributed by atoms with Gasteiger partial charge < -0.3 is 5.73 Å². The molecule has 1 aromatic heterocycles. The van der Waals surface area contributed by atoms with Crippen LogP contribution in [0.3, 0.4) is 0 Å². The Bertz CT molecular complexity index is 360. The molecule has 2 rings (SSSR count). The Morgan fingerprint density at radius 1 is 1.57 bits per heavy atom. The first-order valence-electron chi connectivity index (χ1n) is 5.02. The van der Waals surface area contributed by atoms with Crippen molar-refractivity contribution in [1.82, 2.24) is 9.55 Å². The van der Waals surface area contributed by atoms with Crippen LogP contribution in [-0.4, -0.2) is 15.6 Å². The molecule has 76 valence electrons. The van der Waals surface area contributed by atoms with Gasteiger partial charge in [-0.2, -0.15) is 0 Å². The molecule has 1 aliphatic carbocycles. The third-order valence-electron chi connectivity index (χ3n) is 2.83. The van der Waals surface area contributed by atoms with Crippen molar-refractivity contribution in [2.24, 2.45) is 11.7 Å². The molecule has 0 aromatic carbocycles. The second-order valence-electron chi connectivity index (χ2n) is 4.01. The van der Waals surface area contributed by atoms with Crippen LogP contribution in [0.5, 0.6) is 0 Å². The highest BCUT2D eigenvalue weighted by Crippen LogP contribution is 2.24. The highest BCUT2D eigenvalue weighted by Gasteiger charge is 2.21. The van der Waals surface area contributed by atoms with E-state index >= 15 is 0 Å². The van der Waals surface area contributed by atoms with Crippen LogP contribution in [0.2, 0.25) is 0 Å². The lowest BCUT2D eigenvalue weighted by Crippen LogP contribution is -2.23. The van der Waals surface area contributed by atoms with Crippen molar-refractivity contribution < 1.29 is 0 Å². The minimum atomic E-state index is 0.0282. The first-order valence-corrected chi connectivity index (χ1v) is 5.02. The zero-order valence-corrected chi connectivity index (χ0v) is 8.10. The second kappa shape index (κ2) is 3.92. The van der Waals surface area contributed by atoms with Crippen molar-refractivity contribution in [3.05, 3.63) is 28.9 Å². The molecule has 2 atom stereocenters. The van der Waals surface area contributed by atoms with Gasteiger partial charge in [-0.1, -0.05) is 0 Å². The normalized spacial score (nSPS) is 26.6. The summed E-state index contributed by atoms with van der Waals surface area (Å²) in [5.74, 6) is 0.548. The zero-order valence-electron chi connectivity index (χ0n) is 8.10. The fourth-order valence-corrected chi connectivity index (χ4v) is 2.07. The molecule has 4 heteroatoms. The largest absolute Gasteiger partial charge is 0.328 e. The Morgan fingerprint density at radius 2 is 2.43 bits per heavy atom. The Morgan fingerprint density at radius 3 is 3.07 bits per heavy atom. The van der Waals surface area contributed by atoms with Gasteiger partial charge >= 0.3 is 0 Å². The monoisotopic (exact) mass is 193 g/mol. The Kier molecular flexibility index (Phi) is 2.63. The lowest BCUT2D eigenvalue weighted by molar-refractivity contribution is 0.439. The van der Waals surface area contributed by atoms with E-state index in [2.05, 4.69) is 4.98 Å². The maximum Gasteiger partial charge on any atom is 0.253 e. The average molecular weight is 193 g/mol. The van der Waals surface area contributed by atoms with Gasteiger partial charge in [0.15, 0.2) is 0 Å². The third-order valence-corrected chi connectivity index (χ3v) is 2.83. The Balaban J connectivity index is 2.04. The first-order chi connectivity index (χ1) is 6.75. The highest BCUT2D eigenvalue weighted by molar-refractivity contribution is 4.85. The standard InChI is InChI=1S/C10H15N3O/c11-9-2-1-8(5-9)6-13-7-12-4-3-10(13)14/h3-4,7-9H,1-2,5-6,11H2. The molecule has 0 radical (unpaired) electrons. The molecule has 0 amide bonds. The predicted molar refractivity (Wildman–Crippen MR) is 53.8 cm³/mol. The molecule has 1 heterocycles. The summed E-state index contributed by atoms with van der Waals surface area (Å²) in [6, 6.07) is 1.82. The summed E-state index contributed by atoms with van der Waals surface area (Å²) in [5.41, 5.74) is 5.84. The van der Waals surface area contributed by atoms with Crippen LogP contribution in [-0.2, 0) is 6.54 Å². The number of aromatic nitrogens is 2. The predicted octanol–water partition coefficient (Wildman–Crippen LogP) is 0.371. The van der Waals surface area contributed by atoms with Gasteiger partial charge in [0.25, 0.3) is 5.56 Å². The molecule has 0 bridgehead atoms. The molecule has 0 aliphatic heterocycles. The molecule has 1 aliphatic rings. The molecular weight excluding hydrogens is 178 g/mol. The first kappa shape index (κ1) is 9.40. The minimum Gasteiger partial charge on any atom is -0.328 e. The van der Waals surface area contributed by atoms with Gasteiger partial charge in [0, 0.05) is 24.8 Å². The fourth-order valence-electron chi connectivity index (χ4n) is 2.07. The molecule has 2 unspecified atom stereocenters. The van der Waals surface area contributed by atoms with Crippen molar-refractivity contribution >= 4 is 0 Å². The molecule has 2 N–H and O–H groups in total. The van der Waals surface area contributed by atoms with Crippen LogP contribution in [0.1, 0.15) is 19.3 Å². The van der Waals surface area contributed by atoms with Gasteiger partial charge in [-0.05, 0) is 25.2 Å². The van der Waals surface area contributed by atoms with E-state index in [0.717, 1.165) is 25.8 Å². The summed E-state index contributed by atoms with van der Waals surface area (Å²) in [7, 11) is 0. The summed E-state index contributed by atoms with van der Waals surface area (Å²) < 4.78 is 1.67. The number of hydrogen-bond acceptors (Lipinski definition) is 3. The summed E-state index contributed by atoms with van der Waals surface area (Å²) in [6.45, 7) is 0.764. The molecule has 1 fully saturated rings. The van der Waals surface area contributed by atoms with Gasteiger partial charge in [-0.25, -0.2) is 4.98 Å². The van der Waals surface area contributed by atoms with E-state index in [0.29, 0.717) is 12.0 Å². The van der Waals surface area contributed by atoms with Crippen LogP contribution in [0.4, 0.5) is 0 Å². The zero-order chi connectivity index (χ0) is 9.97. The lowest BCUT2D eigenvalue weighted by atomic mass is 10.1. The van der Waals surface area contributed by atoms with Crippen LogP contribution in [0.15, 0.2) is 23.4 Å². The molecular formula is C10H15N3O. The van der Waals surface area contributed by atoms with Crippen LogP contribution >= 0.6 is 0 Å². The minimum absolute atomic E-state index is 0.0282. The van der Waals surface area contributed by atoms with E-state index in [4.69, 9.17) is 5.73 Å². The summed E-state index contributed by atoms with van der Waals surface area (Å²) in [6.07, 6.45) is 6.37. The van der Waals surface area contributed by atoms with Crippen molar-refractivity contribution in [3.63, 3.8) is 0 Å². The average Bonchev–Trinajstić information content (AvgIpc) is 2.56. The Hall–Kier alpha value is -1.16. The molecule has 1 aromatic rings. The smallest absolute Gasteiger partial charge is 0.253 e. The fraction of sp³-hybridized carbons (Fsp3) is 0.600. The van der Waals surface area contributed by atoms with E-state index < -0.39 is 0 Å². The van der Waals surface area contributed by atoms with Gasteiger partial charge in [0.1, 0.15) is 0 Å². The summed E-state index contributed by atoms with van der Waals surface area (Å²) in [4.78, 5) is 15.3. The number of nitrogens with zero attached hydrogens (tertiary/aromatic N) is 2. The van der Waals surface area contributed by atoms with E-state index in [1.54, 1.807) is 10.9 Å².